The first-order valence-electron chi connectivity index (χ1n) is 4.17. The molecule has 2 rings (SSSR count). The van der Waals surface area contributed by atoms with Crippen molar-refractivity contribution < 1.29 is 4.79 Å². The largest absolute Gasteiger partial charge is 0.303 e. The van der Waals surface area contributed by atoms with E-state index in [0.29, 0.717) is 6.42 Å². The molecule has 0 amide bonds. The summed E-state index contributed by atoms with van der Waals surface area (Å²) in [5.41, 5.74) is 1.92. The van der Waals surface area contributed by atoms with Crippen molar-refractivity contribution in [1.29, 1.82) is 0 Å². The van der Waals surface area contributed by atoms with Crippen molar-refractivity contribution in [2.75, 3.05) is 0 Å². The van der Waals surface area contributed by atoms with Gasteiger partial charge in [0, 0.05) is 18.9 Å². The maximum absolute atomic E-state index is 10.4. The summed E-state index contributed by atoms with van der Waals surface area (Å²) >= 11 is 0. The second kappa shape index (κ2) is 3.01. The molecule has 1 heterocycles. The first kappa shape index (κ1) is 7.98. The fourth-order valence-electron chi connectivity index (χ4n) is 1.52. The average molecular weight is 174 g/mol. The zero-order valence-corrected chi connectivity index (χ0v) is 7.40. The Morgan fingerprint density at radius 2 is 2.23 bits per heavy atom. The Kier molecular flexibility index (Phi) is 1.85. The molecule has 0 aliphatic carbocycles. The topological polar surface area (TPSA) is 34.9 Å². The highest BCUT2D eigenvalue weighted by Gasteiger charge is 2.06. The van der Waals surface area contributed by atoms with Gasteiger partial charge in [0.15, 0.2) is 0 Å². The highest BCUT2D eigenvalue weighted by atomic mass is 16.1. The van der Waals surface area contributed by atoms with Crippen LogP contribution in [-0.4, -0.2) is 16.1 Å². The van der Waals surface area contributed by atoms with E-state index in [1.807, 2.05) is 31.3 Å². The van der Waals surface area contributed by atoms with Crippen LogP contribution < -0.4 is 0 Å². The summed E-state index contributed by atoms with van der Waals surface area (Å²) in [7, 11) is 1.86. The molecule has 0 N–H and O–H groups in total. The lowest BCUT2D eigenvalue weighted by molar-refractivity contribution is -0.107. The Bertz CT molecular complexity index is 445. The van der Waals surface area contributed by atoms with Crippen molar-refractivity contribution in [3.05, 3.63) is 30.0 Å². The number of benzene rings is 1. The van der Waals surface area contributed by atoms with Crippen LogP contribution in [0.25, 0.3) is 10.9 Å². The molecule has 0 atom stereocenters. The molecule has 1 aromatic carbocycles. The number of aryl methyl sites for hydroxylation is 1. The van der Waals surface area contributed by atoms with Crippen LogP contribution in [0.15, 0.2) is 24.3 Å². The normalized spacial score (nSPS) is 10.5. The molecular formula is C10H10N2O. The van der Waals surface area contributed by atoms with E-state index in [-0.39, 0.29) is 0 Å². The Morgan fingerprint density at radius 1 is 1.46 bits per heavy atom. The van der Waals surface area contributed by atoms with Crippen LogP contribution >= 0.6 is 0 Å². The van der Waals surface area contributed by atoms with Crippen molar-refractivity contribution >= 4 is 17.2 Å². The van der Waals surface area contributed by atoms with Crippen LogP contribution in [0.1, 0.15) is 5.69 Å². The summed E-state index contributed by atoms with van der Waals surface area (Å²) in [5.74, 6) is 0. The van der Waals surface area contributed by atoms with Gasteiger partial charge in [-0.3, -0.25) is 4.68 Å². The predicted octanol–water partition coefficient (Wildman–Crippen LogP) is 1.31. The van der Waals surface area contributed by atoms with E-state index in [2.05, 4.69) is 5.10 Å². The van der Waals surface area contributed by atoms with Crippen LogP contribution in [-0.2, 0) is 18.3 Å². The van der Waals surface area contributed by atoms with Gasteiger partial charge in [0.2, 0.25) is 0 Å². The van der Waals surface area contributed by atoms with Crippen molar-refractivity contribution in [3.8, 4) is 0 Å². The highest BCUT2D eigenvalue weighted by Crippen LogP contribution is 2.16. The number of carbonyl (C=O) groups excluding carboxylic acids is 1. The lowest BCUT2D eigenvalue weighted by Gasteiger charge is -1.95. The van der Waals surface area contributed by atoms with Gasteiger partial charge in [-0.2, -0.15) is 5.10 Å². The van der Waals surface area contributed by atoms with Crippen molar-refractivity contribution in [1.82, 2.24) is 9.78 Å². The molecule has 1 aromatic heterocycles. The lowest BCUT2D eigenvalue weighted by atomic mass is 10.2. The number of carbonyl (C=O) groups is 1. The predicted molar refractivity (Wildman–Crippen MR) is 50.5 cm³/mol. The van der Waals surface area contributed by atoms with E-state index in [1.54, 1.807) is 4.68 Å². The van der Waals surface area contributed by atoms with Crippen LogP contribution in [0.5, 0.6) is 0 Å². The summed E-state index contributed by atoms with van der Waals surface area (Å²) in [4.78, 5) is 10.4. The first-order valence-corrected chi connectivity index (χ1v) is 4.17. The van der Waals surface area contributed by atoms with Gasteiger partial charge in [-0.15, -0.1) is 0 Å². The number of rotatable bonds is 2. The number of nitrogens with zero attached hydrogens (tertiary/aromatic N) is 2. The summed E-state index contributed by atoms with van der Waals surface area (Å²) in [6.07, 6.45) is 1.33. The van der Waals surface area contributed by atoms with Gasteiger partial charge >= 0.3 is 0 Å². The summed E-state index contributed by atoms with van der Waals surface area (Å²) in [6.45, 7) is 0. The van der Waals surface area contributed by atoms with Crippen LogP contribution in [0.2, 0.25) is 0 Å². The number of aldehydes is 1. The molecule has 0 fully saturated rings. The molecule has 66 valence electrons. The molecule has 0 bridgehead atoms. The maximum Gasteiger partial charge on any atom is 0.125 e. The molecule has 3 nitrogen and oxygen atoms in total. The minimum atomic E-state index is 0.428. The van der Waals surface area contributed by atoms with Crippen LogP contribution in [0.4, 0.5) is 0 Å². The van der Waals surface area contributed by atoms with Gasteiger partial charge in [-0.25, -0.2) is 0 Å². The summed E-state index contributed by atoms with van der Waals surface area (Å²) in [6, 6.07) is 7.84. The molecule has 13 heavy (non-hydrogen) atoms. The standard InChI is InChI=1S/C10H10N2O/c1-12-10(6-7-13)8-4-2-3-5-9(8)11-12/h2-5,7H,6H2,1H3. The Balaban J connectivity index is 2.70. The zero-order chi connectivity index (χ0) is 9.26. The van der Waals surface area contributed by atoms with Crippen LogP contribution in [0.3, 0.4) is 0 Å². The van der Waals surface area contributed by atoms with Crippen LogP contribution in [0, 0.1) is 0 Å². The number of aromatic nitrogens is 2. The maximum atomic E-state index is 10.4. The van der Waals surface area contributed by atoms with E-state index in [4.69, 9.17) is 0 Å². The summed E-state index contributed by atoms with van der Waals surface area (Å²) in [5, 5.41) is 5.36. The minimum Gasteiger partial charge on any atom is -0.303 e. The molecule has 0 unspecified atom stereocenters. The molecule has 0 aliphatic rings. The SMILES string of the molecule is Cn1nc2ccccc2c1CC=O. The van der Waals surface area contributed by atoms with Gasteiger partial charge in [-0.1, -0.05) is 18.2 Å². The molecule has 0 radical (unpaired) electrons. The fourth-order valence-corrected chi connectivity index (χ4v) is 1.52. The third-order valence-corrected chi connectivity index (χ3v) is 2.14. The zero-order valence-electron chi connectivity index (χ0n) is 7.40. The van der Waals surface area contributed by atoms with Crippen molar-refractivity contribution in [2.45, 2.75) is 6.42 Å². The third kappa shape index (κ3) is 1.22. The molecular weight excluding hydrogens is 164 g/mol. The number of hydrogen-bond donors (Lipinski definition) is 0. The van der Waals surface area contributed by atoms with E-state index in [0.717, 1.165) is 22.9 Å². The van der Waals surface area contributed by atoms with E-state index >= 15 is 0 Å². The molecule has 0 saturated carbocycles. The van der Waals surface area contributed by atoms with Gasteiger partial charge in [0.05, 0.1) is 11.2 Å². The average Bonchev–Trinajstić information content (AvgIpc) is 2.44. The fraction of sp³-hybridized carbons (Fsp3) is 0.200. The number of fused-ring (bicyclic) bond motifs is 1. The van der Waals surface area contributed by atoms with Gasteiger partial charge in [0.1, 0.15) is 6.29 Å². The lowest BCUT2D eigenvalue weighted by Crippen LogP contribution is -1.98. The molecule has 0 saturated heterocycles. The molecule has 0 spiro atoms. The molecule has 2 aromatic rings. The monoisotopic (exact) mass is 174 g/mol. The smallest absolute Gasteiger partial charge is 0.125 e. The third-order valence-electron chi connectivity index (χ3n) is 2.14. The van der Waals surface area contributed by atoms with Gasteiger partial charge in [0.25, 0.3) is 0 Å². The van der Waals surface area contributed by atoms with Crippen molar-refractivity contribution in [2.24, 2.45) is 7.05 Å². The second-order valence-electron chi connectivity index (χ2n) is 2.96. The highest BCUT2D eigenvalue weighted by molar-refractivity contribution is 5.83. The quantitative estimate of drug-likeness (QED) is 0.643. The Hall–Kier alpha value is -1.64. The minimum absolute atomic E-state index is 0.428. The van der Waals surface area contributed by atoms with E-state index in [1.165, 1.54) is 0 Å². The Labute approximate surface area is 76.0 Å². The van der Waals surface area contributed by atoms with Gasteiger partial charge < -0.3 is 4.79 Å². The molecule has 0 aliphatic heterocycles. The first-order chi connectivity index (χ1) is 6.33. The summed E-state index contributed by atoms with van der Waals surface area (Å²) < 4.78 is 1.76. The van der Waals surface area contributed by atoms with E-state index in [9.17, 15) is 4.79 Å². The van der Waals surface area contributed by atoms with Gasteiger partial charge in [-0.05, 0) is 6.07 Å². The van der Waals surface area contributed by atoms with E-state index < -0.39 is 0 Å². The number of hydrogen-bond acceptors (Lipinski definition) is 2. The Morgan fingerprint density at radius 3 is 3.00 bits per heavy atom. The van der Waals surface area contributed by atoms with Crippen molar-refractivity contribution in [3.63, 3.8) is 0 Å². The second-order valence-corrected chi connectivity index (χ2v) is 2.96. The molecule has 3 heteroatoms.